The first kappa shape index (κ1) is 16.8. The fourth-order valence-electron chi connectivity index (χ4n) is 1.79. The second kappa shape index (κ2) is 6.98. The van der Waals surface area contributed by atoms with E-state index in [1.165, 1.54) is 0 Å². The molecule has 0 spiro atoms. The number of nitro benzene ring substituents is 1. The van der Waals surface area contributed by atoms with Crippen molar-refractivity contribution in [1.29, 1.82) is 0 Å². The van der Waals surface area contributed by atoms with Gasteiger partial charge in [0.05, 0.1) is 4.92 Å². The van der Waals surface area contributed by atoms with Crippen LogP contribution in [0.4, 0.5) is 15.8 Å². The molecule has 0 aliphatic heterocycles. The second-order valence-corrected chi connectivity index (χ2v) is 5.08. The Kier molecular flexibility index (Phi) is 5.60. The molecule has 0 radical (unpaired) electrons. The molecule has 1 aromatic rings. The lowest BCUT2D eigenvalue weighted by atomic mass is 10.1. The standard InChI is InChI=1S/C13H19FN4O3/c1-8(6-7-17(2)3)16-13(19)11-9(14)4-5-10(12(11)15)18(20)21/h4-5,8H,6-7,15H2,1-3H3,(H,16,19). The van der Waals surface area contributed by atoms with Gasteiger partial charge in [0.25, 0.3) is 11.6 Å². The highest BCUT2D eigenvalue weighted by atomic mass is 19.1. The van der Waals surface area contributed by atoms with Crippen LogP contribution in [0.15, 0.2) is 12.1 Å². The molecule has 1 atom stereocenters. The van der Waals surface area contributed by atoms with E-state index in [-0.39, 0.29) is 6.04 Å². The van der Waals surface area contributed by atoms with Gasteiger partial charge < -0.3 is 16.0 Å². The third-order valence-electron chi connectivity index (χ3n) is 2.98. The van der Waals surface area contributed by atoms with Crippen molar-refractivity contribution < 1.29 is 14.1 Å². The number of amides is 1. The zero-order valence-corrected chi connectivity index (χ0v) is 12.2. The summed E-state index contributed by atoms with van der Waals surface area (Å²) in [4.78, 5) is 24.0. The Hall–Kier alpha value is -2.22. The number of hydrogen-bond donors (Lipinski definition) is 2. The molecule has 0 heterocycles. The van der Waals surface area contributed by atoms with E-state index in [0.717, 1.165) is 18.7 Å². The van der Waals surface area contributed by atoms with Gasteiger partial charge in [0.2, 0.25) is 0 Å². The van der Waals surface area contributed by atoms with E-state index in [1.807, 2.05) is 19.0 Å². The lowest BCUT2D eigenvalue weighted by molar-refractivity contribution is -0.384. The Morgan fingerprint density at radius 2 is 2.14 bits per heavy atom. The summed E-state index contributed by atoms with van der Waals surface area (Å²) in [6, 6.07) is 1.60. The summed E-state index contributed by atoms with van der Waals surface area (Å²) in [5.41, 5.74) is 4.10. The molecule has 0 aliphatic carbocycles. The van der Waals surface area contributed by atoms with Gasteiger partial charge in [0.1, 0.15) is 17.1 Å². The van der Waals surface area contributed by atoms with E-state index < -0.39 is 33.6 Å². The topological polar surface area (TPSA) is 102 Å². The van der Waals surface area contributed by atoms with Gasteiger partial charge in [0, 0.05) is 12.1 Å². The third kappa shape index (κ3) is 4.38. The summed E-state index contributed by atoms with van der Waals surface area (Å²) in [5.74, 6) is -1.63. The molecular formula is C13H19FN4O3. The van der Waals surface area contributed by atoms with E-state index in [2.05, 4.69) is 5.32 Å². The molecule has 1 unspecified atom stereocenters. The molecule has 0 saturated carbocycles. The van der Waals surface area contributed by atoms with Crippen LogP contribution in [-0.4, -0.2) is 42.4 Å². The Morgan fingerprint density at radius 3 is 2.67 bits per heavy atom. The second-order valence-electron chi connectivity index (χ2n) is 5.08. The van der Waals surface area contributed by atoms with Crippen molar-refractivity contribution in [1.82, 2.24) is 10.2 Å². The highest BCUT2D eigenvalue weighted by Gasteiger charge is 2.24. The highest BCUT2D eigenvalue weighted by molar-refractivity contribution is 6.01. The van der Waals surface area contributed by atoms with Crippen LogP contribution < -0.4 is 11.1 Å². The van der Waals surface area contributed by atoms with E-state index in [0.29, 0.717) is 6.42 Å². The Labute approximate surface area is 122 Å². The van der Waals surface area contributed by atoms with Crippen LogP contribution in [0, 0.1) is 15.9 Å². The lowest BCUT2D eigenvalue weighted by Crippen LogP contribution is -2.35. The van der Waals surface area contributed by atoms with Gasteiger partial charge in [-0.1, -0.05) is 0 Å². The molecule has 3 N–H and O–H groups in total. The van der Waals surface area contributed by atoms with Crippen molar-refractivity contribution in [2.45, 2.75) is 19.4 Å². The molecule has 7 nitrogen and oxygen atoms in total. The number of nitrogens with zero attached hydrogens (tertiary/aromatic N) is 2. The van der Waals surface area contributed by atoms with Gasteiger partial charge in [-0.15, -0.1) is 0 Å². The monoisotopic (exact) mass is 298 g/mol. The van der Waals surface area contributed by atoms with Crippen LogP contribution >= 0.6 is 0 Å². The predicted octanol–water partition coefficient (Wildman–Crippen LogP) is 1.39. The zero-order chi connectivity index (χ0) is 16.2. The van der Waals surface area contributed by atoms with Crippen molar-refractivity contribution in [2.75, 3.05) is 26.4 Å². The van der Waals surface area contributed by atoms with Crippen LogP contribution in [0.5, 0.6) is 0 Å². The van der Waals surface area contributed by atoms with Crippen molar-refractivity contribution in [3.8, 4) is 0 Å². The molecular weight excluding hydrogens is 279 g/mol. The fraction of sp³-hybridized carbons (Fsp3) is 0.462. The number of benzene rings is 1. The zero-order valence-electron chi connectivity index (χ0n) is 12.2. The maximum absolute atomic E-state index is 13.7. The van der Waals surface area contributed by atoms with Crippen LogP contribution in [0.1, 0.15) is 23.7 Å². The van der Waals surface area contributed by atoms with Crippen LogP contribution in [0.3, 0.4) is 0 Å². The number of nitrogens with one attached hydrogen (secondary N) is 1. The SMILES string of the molecule is CC(CCN(C)C)NC(=O)c1c(F)ccc([N+](=O)[O-])c1N. The molecule has 21 heavy (non-hydrogen) atoms. The van der Waals surface area contributed by atoms with Gasteiger partial charge in [0.15, 0.2) is 0 Å². The van der Waals surface area contributed by atoms with Gasteiger partial charge in [-0.25, -0.2) is 4.39 Å². The van der Waals surface area contributed by atoms with Crippen molar-refractivity contribution in [3.05, 3.63) is 33.6 Å². The number of rotatable bonds is 6. The molecule has 0 saturated heterocycles. The molecule has 0 aromatic heterocycles. The first-order valence-electron chi connectivity index (χ1n) is 6.42. The first-order chi connectivity index (χ1) is 9.73. The van der Waals surface area contributed by atoms with Crippen molar-refractivity contribution in [2.24, 2.45) is 0 Å². The molecule has 0 aliphatic rings. The van der Waals surface area contributed by atoms with E-state index in [9.17, 15) is 19.3 Å². The van der Waals surface area contributed by atoms with E-state index in [4.69, 9.17) is 5.73 Å². The number of anilines is 1. The molecule has 1 rings (SSSR count). The minimum absolute atomic E-state index is 0.210. The largest absolute Gasteiger partial charge is 0.392 e. The summed E-state index contributed by atoms with van der Waals surface area (Å²) in [6.07, 6.45) is 0.662. The fourth-order valence-corrected chi connectivity index (χ4v) is 1.79. The predicted molar refractivity (Wildman–Crippen MR) is 77.6 cm³/mol. The number of nitrogens with two attached hydrogens (primary N) is 1. The van der Waals surface area contributed by atoms with Crippen molar-refractivity contribution >= 4 is 17.3 Å². The summed E-state index contributed by atoms with van der Waals surface area (Å²) in [7, 11) is 3.79. The number of carbonyl (C=O) groups excluding carboxylic acids is 1. The number of hydrogen-bond acceptors (Lipinski definition) is 5. The molecule has 116 valence electrons. The molecule has 1 amide bonds. The minimum Gasteiger partial charge on any atom is -0.392 e. The van der Waals surface area contributed by atoms with E-state index >= 15 is 0 Å². The van der Waals surface area contributed by atoms with Crippen LogP contribution in [-0.2, 0) is 0 Å². The van der Waals surface area contributed by atoms with E-state index in [1.54, 1.807) is 6.92 Å². The summed E-state index contributed by atoms with van der Waals surface area (Å²) >= 11 is 0. The summed E-state index contributed by atoms with van der Waals surface area (Å²) in [5, 5.41) is 13.4. The van der Waals surface area contributed by atoms with Crippen LogP contribution in [0.2, 0.25) is 0 Å². The quantitative estimate of drug-likeness (QED) is 0.469. The van der Waals surface area contributed by atoms with Gasteiger partial charge >= 0.3 is 0 Å². The first-order valence-corrected chi connectivity index (χ1v) is 6.42. The normalized spacial score (nSPS) is 12.2. The smallest absolute Gasteiger partial charge is 0.293 e. The number of halogens is 1. The average Bonchev–Trinajstić information content (AvgIpc) is 2.35. The number of nitro groups is 1. The lowest BCUT2D eigenvalue weighted by Gasteiger charge is -2.17. The molecule has 8 heteroatoms. The Morgan fingerprint density at radius 1 is 1.52 bits per heavy atom. The molecule has 0 fully saturated rings. The van der Waals surface area contributed by atoms with Crippen LogP contribution in [0.25, 0.3) is 0 Å². The Bertz CT molecular complexity index is 548. The summed E-state index contributed by atoms with van der Waals surface area (Å²) in [6.45, 7) is 2.52. The van der Waals surface area contributed by atoms with Crippen molar-refractivity contribution in [3.63, 3.8) is 0 Å². The average molecular weight is 298 g/mol. The maximum Gasteiger partial charge on any atom is 0.293 e. The highest BCUT2D eigenvalue weighted by Crippen LogP contribution is 2.27. The Balaban J connectivity index is 2.92. The minimum atomic E-state index is -0.879. The summed E-state index contributed by atoms with van der Waals surface area (Å²) < 4.78 is 13.7. The number of nitrogen functional groups attached to an aromatic ring is 1. The van der Waals surface area contributed by atoms with Gasteiger partial charge in [-0.05, 0) is 40.1 Å². The molecule has 0 bridgehead atoms. The molecule has 1 aromatic carbocycles. The van der Waals surface area contributed by atoms with Gasteiger partial charge in [-0.3, -0.25) is 14.9 Å². The maximum atomic E-state index is 13.7. The van der Waals surface area contributed by atoms with Gasteiger partial charge in [-0.2, -0.15) is 0 Å². The number of carbonyl (C=O) groups is 1. The third-order valence-corrected chi connectivity index (χ3v) is 2.98.